The van der Waals surface area contributed by atoms with Gasteiger partial charge in [-0.2, -0.15) is 0 Å². The van der Waals surface area contributed by atoms with Crippen LogP contribution in [0.1, 0.15) is 38.0 Å². The summed E-state index contributed by atoms with van der Waals surface area (Å²) in [6, 6.07) is 11.7. The van der Waals surface area contributed by atoms with Crippen LogP contribution in [0.4, 0.5) is 0 Å². The number of amides is 3. The standard InChI is InChI=1S/C19H15ClN2O4/c1-11(22-18(25)14-4-2-3-5-15(14)19(22)26)17(24)21-10-16(23)12-6-8-13(20)9-7-12/h2-9,11H,10H2,1H3,(H,21,24). The Bertz CT molecular complexity index is 873. The minimum Gasteiger partial charge on any atom is -0.347 e. The van der Waals surface area contributed by atoms with Crippen molar-refractivity contribution >= 4 is 35.1 Å². The number of Topliss-reactive ketones (excluding diaryl/α,β-unsaturated/α-hetero) is 1. The number of hydrogen-bond acceptors (Lipinski definition) is 4. The van der Waals surface area contributed by atoms with Crippen LogP contribution in [0.3, 0.4) is 0 Å². The molecule has 3 amide bonds. The lowest BCUT2D eigenvalue weighted by Gasteiger charge is -2.21. The summed E-state index contributed by atoms with van der Waals surface area (Å²) in [5.41, 5.74) is 0.951. The van der Waals surface area contributed by atoms with E-state index < -0.39 is 23.8 Å². The van der Waals surface area contributed by atoms with Crippen molar-refractivity contribution in [2.24, 2.45) is 0 Å². The van der Waals surface area contributed by atoms with Crippen molar-refractivity contribution in [1.29, 1.82) is 0 Å². The Balaban J connectivity index is 1.65. The third kappa shape index (κ3) is 3.23. The number of hydrogen-bond donors (Lipinski definition) is 1. The number of nitrogens with one attached hydrogen (secondary N) is 1. The lowest BCUT2D eigenvalue weighted by atomic mass is 10.1. The second-order valence-corrected chi connectivity index (χ2v) is 6.29. The summed E-state index contributed by atoms with van der Waals surface area (Å²) in [6.45, 7) is 1.21. The largest absolute Gasteiger partial charge is 0.347 e. The Kier molecular flexibility index (Phi) is 4.86. The van der Waals surface area contributed by atoms with Gasteiger partial charge in [0.15, 0.2) is 5.78 Å². The molecule has 3 rings (SSSR count). The Morgan fingerprint density at radius 2 is 1.54 bits per heavy atom. The second-order valence-electron chi connectivity index (χ2n) is 5.85. The molecule has 1 unspecified atom stereocenters. The van der Waals surface area contributed by atoms with E-state index >= 15 is 0 Å². The number of benzene rings is 2. The van der Waals surface area contributed by atoms with E-state index in [0.717, 1.165) is 4.90 Å². The molecule has 7 heteroatoms. The number of carbonyl (C=O) groups is 4. The highest BCUT2D eigenvalue weighted by Crippen LogP contribution is 2.24. The summed E-state index contributed by atoms with van der Waals surface area (Å²) in [6.07, 6.45) is 0. The lowest BCUT2D eigenvalue weighted by Crippen LogP contribution is -2.48. The summed E-state index contributed by atoms with van der Waals surface area (Å²) in [5.74, 6) is -1.92. The molecule has 0 saturated carbocycles. The fourth-order valence-electron chi connectivity index (χ4n) is 2.73. The van der Waals surface area contributed by atoms with E-state index in [1.807, 2.05) is 0 Å². The maximum atomic E-state index is 12.4. The molecule has 26 heavy (non-hydrogen) atoms. The van der Waals surface area contributed by atoms with Crippen molar-refractivity contribution < 1.29 is 19.2 Å². The predicted molar refractivity (Wildman–Crippen MR) is 95.2 cm³/mol. The monoisotopic (exact) mass is 370 g/mol. The molecule has 0 spiro atoms. The van der Waals surface area contributed by atoms with Crippen molar-refractivity contribution in [3.05, 3.63) is 70.2 Å². The summed E-state index contributed by atoms with van der Waals surface area (Å²) in [5, 5.41) is 2.98. The Hall–Kier alpha value is -2.99. The number of carbonyl (C=O) groups excluding carboxylic acids is 4. The molecule has 1 N–H and O–H groups in total. The first-order valence-corrected chi connectivity index (χ1v) is 8.31. The molecule has 0 bridgehead atoms. The molecule has 132 valence electrons. The van der Waals surface area contributed by atoms with Gasteiger partial charge in [0.05, 0.1) is 17.7 Å². The van der Waals surface area contributed by atoms with Gasteiger partial charge in [-0.3, -0.25) is 24.1 Å². The summed E-state index contributed by atoms with van der Waals surface area (Å²) in [4.78, 5) is 50.1. The molecule has 2 aromatic rings. The molecule has 0 radical (unpaired) electrons. The second kappa shape index (κ2) is 7.09. The number of nitrogens with zero attached hydrogens (tertiary/aromatic N) is 1. The van der Waals surface area contributed by atoms with Crippen molar-refractivity contribution in [2.45, 2.75) is 13.0 Å². The van der Waals surface area contributed by atoms with E-state index in [1.165, 1.54) is 6.92 Å². The smallest absolute Gasteiger partial charge is 0.262 e. The zero-order chi connectivity index (χ0) is 18.8. The third-order valence-corrected chi connectivity index (χ3v) is 4.43. The fraction of sp³-hybridized carbons (Fsp3) is 0.158. The Morgan fingerprint density at radius 3 is 2.08 bits per heavy atom. The number of rotatable bonds is 5. The van der Waals surface area contributed by atoms with E-state index in [0.29, 0.717) is 10.6 Å². The van der Waals surface area contributed by atoms with Crippen LogP contribution < -0.4 is 5.32 Å². The quantitative estimate of drug-likeness (QED) is 0.646. The molecule has 2 aromatic carbocycles. The van der Waals surface area contributed by atoms with Gasteiger partial charge in [0, 0.05) is 10.6 Å². The fourth-order valence-corrected chi connectivity index (χ4v) is 2.86. The van der Waals surface area contributed by atoms with Crippen molar-refractivity contribution in [2.75, 3.05) is 6.54 Å². The minimum absolute atomic E-state index is 0.242. The minimum atomic E-state index is -1.03. The highest BCUT2D eigenvalue weighted by Gasteiger charge is 2.40. The van der Waals surface area contributed by atoms with Crippen LogP contribution >= 0.6 is 11.6 Å². The number of imide groups is 1. The van der Waals surface area contributed by atoms with Gasteiger partial charge in [0.2, 0.25) is 5.91 Å². The highest BCUT2D eigenvalue weighted by atomic mass is 35.5. The summed E-state index contributed by atoms with van der Waals surface area (Å²) in [7, 11) is 0. The van der Waals surface area contributed by atoms with Gasteiger partial charge >= 0.3 is 0 Å². The average molecular weight is 371 g/mol. The molecule has 1 aliphatic rings. The third-order valence-electron chi connectivity index (χ3n) is 4.18. The maximum absolute atomic E-state index is 12.4. The molecule has 6 nitrogen and oxygen atoms in total. The SMILES string of the molecule is CC(C(=O)NCC(=O)c1ccc(Cl)cc1)N1C(=O)c2ccccc2C1=O. The molecule has 0 aromatic heterocycles. The van der Waals surface area contributed by atoms with Crippen LogP contribution in [0.15, 0.2) is 48.5 Å². The van der Waals surface area contributed by atoms with E-state index in [4.69, 9.17) is 11.6 Å². The Morgan fingerprint density at radius 1 is 1.00 bits per heavy atom. The van der Waals surface area contributed by atoms with Crippen molar-refractivity contribution in [3.63, 3.8) is 0 Å². The lowest BCUT2D eigenvalue weighted by molar-refractivity contribution is -0.124. The molecule has 1 atom stereocenters. The van der Waals surface area contributed by atoms with Gasteiger partial charge in [-0.15, -0.1) is 0 Å². The van der Waals surface area contributed by atoms with Gasteiger partial charge < -0.3 is 5.32 Å². The number of halogens is 1. The first-order valence-electron chi connectivity index (χ1n) is 7.93. The summed E-state index contributed by atoms with van der Waals surface area (Å²) < 4.78 is 0. The van der Waals surface area contributed by atoms with Crippen LogP contribution in [0, 0.1) is 0 Å². The molecule has 1 aliphatic heterocycles. The first kappa shape index (κ1) is 17.8. The average Bonchev–Trinajstić information content (AvgIpc) is 2.90. The van der Waals surface area contributed by atoms with Crippen LogP contribution in [0.25, 0.3) is 0 Å². The van der Waals surface area contributed by atoms with Gasteiger partial charge in [-0.25, -0.2) is 0 Å². The number of fused-ring (bicyclic) bond motifs is 1. The Labute approximate surface area is 154 Å². The normalized spacial score (nSPS) is 14.2. The zero-order valence-corrected chi connectivity index (χ0v) is 14.6. The zero-order valence-electron chi connectivity index (χ0n) is 13.9. The molecule has 0 aliphatic carbocycles. The van der Waals surface area contributed by atoms with E-state index in [1.54, 1.807) is 48.5 Å². The topological polar surface area (TPSA) is 83.6 Å². The highest BCUT2D eigenvalue weighted by molar-refractivity contribution is 6.30. The van der Waals surface area contributed by atoms with Crippen LogP contribution in [0.5, 0.6) is 0 Å². The van der Waals surface area contributed by atoms with Crippen LogP contribution in [-0.2, 0) is 4.79 Å². The van der Waals surface area contributed by atoms with Crippen molar-refractivity contribution in [3.8, 4) is 0 Å². The molecular weight excluding hydrogens is 356 g/mol. The first-order chi connectivity index (χ1) is 12.4. The van der Waals surface area contributed by atoms with Gasteiger partial charge in [-0.1, -0.05) is 23.7 Å². The van der Waals surface area contributed by atoms with Gasteiger partial charge in [0.1, 0.15) is 6.04 Å². The summed E-state index contributed by atoms with van der Waals surface area (Å²) >= 11 is 5.77. The predicted octanol–water partition coefficient (Wildman–Crippen LogP) is 2.32. The van der Waals surface area contributed by atoms with Gasteiger partial charge in [-0.05, 0) is 43.3 Å². The molecule has 0 fully saturated rings. The van der Waals surface area contributed by atoms with Crippen molar-refractivity contribution in [1.82, 2.24) is 10.2 Å². The van der Waals surface area contributed by atoms with E-state index in [-0.39, 0.29) is 23.5 Å². The van der Waals surface area contributed by atoms with E-state index in [2.05, 4.69) is 5.32 Å². The molecule has 1 heterocycles. The van der Waals surface area contributed by atoms with Crippen LogP contribution in [-0.4, -0.2) is 41.0 Å². The maximum Gasteiger partial charge on any atom is 0.262 e. The van der Waals surface area contributed by atoms with Gasteiger partial charge in [0.25, 0.3) is 11.8 Å². The van der Waals surface area contributed by atoms with E-state index in [9.17, 15) is 19.2 Å². The molecule has 0 saturated heterocycles. The van der Waals surface area contributed by atoms with Crippen LogP contribution in [0.2, 0.25) is 5.02 Å². The molecular formula is C19H15ClN2O4. The number of ketones is 1.